The predicted molar refractivity (Wildman–Crippen MR) is 72.3 cm³/mol. The molecule has 1 aromatic rings. The second-order valence-corrected chi connectivity index (χ2v) is 4.36. The van der Waals surface area contributed by atoms with Gasteiger partial charge in [0.25, 0.3) is 0 Å². The molecule has 0 heterocycles. The summed E-state index contributed by atoms with van der Waals surface area (Å²) in [6.45, 7) is 3.45. The number of para-hydroxylation sites is 2. The molecule has 19 heavy (non-hydrogen) atoms. The molecule has 0 saturated carbocycles. The number of hydrogen-bond acceptors (Lipinski definition) is 3. The SMILES string of the molecule is CCCC(C)C(=O)Nc1ccccc1OCC(=O)O. The molecular weight excluding hydrogens is 246 g/mol. The van der Waals surface area contributed by atoms with E-state index >= 15 is 0 Å². The number of nitrogens with one attached hydrogen (secondary N) is 1. The van der Waals surface area contributed by atoms with Gasteiger partial charge < -0.3 is 15.2 Å². The van der Waals surface area contributed by atoms with Gasteiger partial charge in [-0.25, -0.2) is 4.79 Å². The van der Waals surface area contributed by atoms with E-state index in [0.717, 1.165) is 12.8 Å². The van der Waals surface area contributed by atoms with E-state index in [2.05, 4.69) is 5.32 Å². The minimum atomic E-state index is -1.06. The molecule has 1 atom stereocenters. The molecule has 1 amide bonds. The lowest BCUT2D eigenvalue weighted by Crippen LogP contribution is -2.21. The third kappa shape index (κ3) is 4.99. The van der Waals surface area contributed by atoms with Crippen LogP contribution in [0.15, 0.2) is 24.3 Å². The first-order valence-corrected chi connectivity index (χ1v) is 6.29. The van der Waals surface area contributed by atoms with Gasteiger partial charge in [0.15, 0.2) is 6.61 Å². The Labute approximate surface area is 112 Å². The molecule has 0 fully saturated rings. The number of carboxylic acids is 1. The molecule has 2 N–H and O–H groups in total. The number of anilines is 1. The van der Waals surface area contributed by atoms with Gasteiger partial charge in [0.05, 0.1) is 5.69 Å². The lowest BCUT2D eigenvalue weighted by Gasteiger charge is -2.14. The van der Waals surface area contributed by atoms with Gasteiger partial charge in [0.2, 0.25) is 5.91 Å². The third-order valence-electron chi connectivity index (χ3n) is 2.67. The summed E-state index contributed by atoms with van der Waals surface area (Å²) in [4.78, 5) is 22.4. The number of rotatable bonds is 7. The summed E-state index contributed by atoms with van der Waals surface area (Å²) in [7, 11) is 0. The highest BCUT2D eigenvalue weighted by Gasteiger charge is 2.14. The summed E-state index contributed by atoms with van der Waals surface area (Å²) in [6, 6.07) is 6.80. The Bertz CT molecular complexity index is 445. The standard InChI is InChI=1S/C14H19NO4/c1-3-6-10(2)14(18)15-11-7-4-5-8-12(11)19-9-13(16)17/h4-5,7-8,10H,3,6,9H2,1-2H3,(H,15,18)(H,16,17). The number of amides is 1. The van der Waals surface area contributed by atoms with Gasteiger partial charge in [0.1, 0.15) is 5.75 Å². The minimum Gasteiger partial charge on any atom is -0.480 e. The van der Waals surface area contributed by atoms with Gasteiger partial charge in [-0.1, -0.05) is 32.4 Å². The Morgan fingerprint density at radius 3 is 2.68 bits per heavy atom. The van der Waals surface area contributed by atoms with Crippen molar-refractivity contribution in [3.8, 4) is 5.75 Å². The first-order valence-electron chi connectivity index (χ1n) is 6.29. The molecule has 0 radical (unpaired) electrons. The van der Waals surface area contributed by atoms with Crippen LogP contribution in [-0.4, -0.2) is 23.6 Å². The van der Waals surface area contributed by atoms with Gasteiger partial charge in [-0.15, -0.1) is 0 Å². The van der Waals surface area contributed by atoms with Crippen molar-refractivity contribution in [2.24, 2.45) is 5.92 Å². The molecule has 0 aliphatic carbocycles. The number of carboxylic acid groups (broad SMARTS) is 1. The van der Waals surface area contributed by atoms with Crippen molar-refractivity contribution in [1.29, 1.82) is 0 Å². The Balaban J connectivity index is 2.71. The van der Waals surface area contributed by atoms with E-state index in [-0.39, 0.29) is 11.8 Å². The highest BCUT2D eigenvalue weighted by Crippen LogP contribution is 2.24. The van der Waals surface area contributed by atoms with Gasteiger partial charge in [-0.05, 0) is 18.6 Å². The molecule has 104 valence electrons. The Hall–Kier alpha value is -2.04. The Morgan fingerprint density at radius 1 is 1.37 bits per heavy atom. The van der Waals surface area contributed by atoms with Crippen LogP contribution in [0.5, 0.6) is 5.75 Å². The molecule has 0 bridgehead atoms. The topological polar surface area (TPSA) is 75.6 Å². The maximum atomic E-state index is 11.9. The van der Waals surface area contributed by atoms with E-state index in [1.54, 1.807) is 24.3 Å². The monoisotopic (exact) mass is 265 g/mol. The quantitative estimate of drug-likeness (QED) is 0.794. The summed E-state index contributed by atoms with van der Waals surface area (Å²) >= 11 is 0. The van der Waals surface area contributed by atoms with Crippen LogP contribution >= 0.6 is 0 Å². The number of benzene rings is 1. The van der Waals surface area contributed by atoms with Gasteiger partial charge >= 0.3 is 5.97 Å². The highest BCUT2D eigenvalue weighted by molar-refractivity contribution is 5.93. The largest absolute Gasteiger partial charge is 0.480 e. The van der Waals surface area contributed by atoms with Crippen LogP contribution in [0.3, 0.4) is 0 Å². The molecular formula is C14H19NO4. The van der Waals surface area contributed by atoms with Crippen LogP contribution in [0.2, 0.25) is 0 Å². The summed E-state index contributed by atoms with van der Waals surface area (Å²) in [5.74, 6) is -0.867. The van der Waals surface area contributed by atoms with Crippen LogP contribution < -0.4 is 10.1 Å². The molecule has 1 rings (SSSR count). The highest BCUT2D eigenvalue weighted by atomic mass is 16.5. The summed E-state index contributed by atoms with van der Waals surface area (Å²) in [5.41, 5.74) is 0.497. The van der Waals surface area contributed by atoms with Gasteiger partial charge in [-0.2, -0.15) is 0 Å². The molecule has 0 saturated heterocycles. The molecule has 5 heteroatoms. The zero-order valence-electron chi connectivity index (χ0n) is 11.2. The normalized spacial score (nSPS) is 11.7. The van der Waals surface area contributed by atoms with Crippen molar-refractivity contribution in [2.45, 2.75) is 26.7 Å². The fraction of sp³-hybridized carbons (Fsp3) is 0.429. The zero-order chi connectivity index (χ0) is 14.3. The fourth-order valence-electron chi connectivity index (χ4n) is 1.66. The van der Waals surface area contributed by atoms with Gasteiger partial charge in [-0.3, -0.25) is 4.79 Å². The van der Waals surface area contributed by atoms with Crippen molar-refractivity contribution in [2.75, 3.05) is 11.9 Å². The number of carbonyl (C=O) groups excluding carboxylic acids is 1. The van der Waals surface area contributed by atoms with E-state index < -0.39 is 12.6 Å². The van der Waals surface area contributed by atoms with Crippen LogP contribution in [0, 0.1) is 5.92 Å². The molecule has 1 unspecified atom stereocenters. The fourth-order valence-corrected chi connectivity index (χ4v) is 1.66. The summed E-state index contributed by atoms with van der Waals surface area (Å²) in [5, 5.41) is 11.4. The molecule has 5 nitrogen and oxygen atoms in total. The van der Waals surface area contributed by atoms with E-state index in [0.29, 0.717) is 11.4 Å². The molecule has 0 aliphatic heterocycles. The lowest BCUT2D eigenvalue weighted by atomic mass is 10.1. The number of aliphatic carboxylic acids is 1. The molecule has 0 aliphatic rings. The third-order valence-corrected chi connectivity index (χ3v) is 2.67. The average Bonchev–Trinajstić information content (AvgIpc) is 2.37. The maximum absolute atomic E-state index is 11.9. The first-order chi connectivity index (χ1) is 9.04. The maximum Gasteiger partial charge on any atom is 0.341 e. The summed E-state index contributed by atoms with van der Waals surface area (Å²) < 4.78 is 5.12. The van der Waals surface area contributed by atoms with Crippen molar-refractivity contribution in [3.05, 3.63) is 24.3 Å². The predicted octanol–water partition coefficient (Wildman–Crippen LogP) is 2.52. The van der Waals surface area contributed by atoms with Crippen LogP contribution in [0.25, 0.3) is 0 Å². The number of hydrogen-bond donors (Lipinski definition) is 2. The van der Waals surface area contributed by atoms with Crippen LogP contribution in [-0.2, 0) is 9.59 Å². The van der Waals surface area contributed by atoms with Gasteiger partial charge in [0, 0.05) is 5.92 Å². The lowest BCUT2D eigenvalue weighted by molar-refractivity contribution is -0.139. The molecule has 0 aromatic heterocycles. The number of ether oxygens (including phenoxy) is 1. The number of carbonyl (C=O) groups is 2. The first kappa shape index (κ1) is 15.0. The van der Waals surface area contributed by atoms with Crippen LogP contribution in [0.4, 0.5) is 5.69 Å². The van der Waals surface area contributed by atoms with Crippen molar-refractivity contribution in [1.82, 2.24) is 0 Å². The Kier molecular flexibility index (Phi) is 5.85. The van der Waals surface area contributed by atoms with E-state index in [1.165, 1.54) is 0 Å². The smallest absolute Gasteiger partial charge is 0.341 e. The second kappa shape index (κ2) is 7.41. The Morgan fingerprint density at radius 2 is 2.05 bits per heavy atom. The van der Waals surface area contributed by atoms with Crippen LogP contribution in [0.1, 0.15) is 26.7 Å². The van der Waals surface area contributed by atoms with Crippen molar-refractivity contribution >= 4 is 17.6 Å². The van der Waals surface area contributed by atoms with E-state index in [1.807, 2.05) is 13.8 Å². The van der Waals surface area contributed by atoms with Crippen molar-refractivity contribution < 1.29 is 19.4 Å². The van der Waals surface area contributed by atoms with Crippen molar-refractivity contribution in [3.63, 3.8) is 0 Å². The second-order valence-electron chi connectivity index (χ2n) is 4.36. The zero-order valence-corrected chi connectivity index (χ0v) is 11.2. The molecule has 1 aromatic carbocycles. The van der Waals surface area contributed by atoms with E-state index in [9.17, 15) is 9.59 Å². The minimum absolute atomic E-state index is 0.0856. The average molecular weight is 265 g/mol. The summed E-state index contributed by atoms with van der Waals surface area (Å²) in [6.07, 6.45) is 1.75. The molecule has 0 spiro atoms. The van der Waals surface area contributed by atoms with E-state index in [4.69, 9.17) is 9.84 Å².